The molecule has 2 aromatic carbocycles. The molecule has 8 heteroatoms. The molecule has 0 saturated carbocycles. The molecule has 1 saturated heterocycles. The van der Waals surface area contributed by atoms with Crippen LogP contribution in [-0.4, -0.2) is 54.5 Å². The Hall–Kier alpha value is -4.12. The van der Waals surface area contributed by atoms with E-state index in [1.165, 1.54) is 9.80 Å². The molecule has 2 amide bonds. The number of carbonyl (C=O) groups excluding carboxylic acids is 4. The fourth-order valence-corrected chi connectivity index (χ4v) is 5.18. The summed E-state index contributed by atoms with van der Waals surface area (Å²) in [5.74, 6) is -2.27. The highest BCUT2D eigenvalue weighted by Crippen LogP contribution is 2.54. The minimum absolute atomic E-state index is 0.0101. The largest absolute Gasteiger partial charge is 0.466 e. The maximum absolute atomic E-state index is 13.9. The molecule has 8 nitrogen and oxygen atoms in total. The van der Waals surface area contributed by atoms with Crippen molar-refractivity contribution in [3.63, 3.8) is 0 Å². The molecule has 180 valence electrons. The zero-order valence-electron chi connectivity index (χ0n) is 19.5. The first kappa shape index (κ1) is 24.0. The van der Waals surface area contributed by atoms with E-state index in [0.717, 1.165) is 0 Å². The van der Waals surface area contributed by atoms with E-state index in [4.69, 9.17) is 15.9 Å². The second kappa shape index (κ2) is 10.0. The van der Waals surface area contributed by atoms with E-state index in [1.807, 2.05) is 6.07 Å². The molecule has 0 aliphatic carbocycles. The quantitative estimate of drug-likeness (QED) is 0.376. The third-order valence-corrected chi connectivity index (χ3v) is 6.41. The lowest BCUT2D eigenvalue weighted by Crippen LogP contribution is -2.54. The average molecular weight is 475 g/mol. The molecule has 0 N–H and O–H groups in total. The number of hydrogen-bond donors (Lipinski definition) is 0. The number of amides is 2. The molecule has 0 bridgehead atoms. The number of benzene rings is 2. The van der Waals surface area contributed by atoms with E-state index < -0.39 is 47.7 Å². The van der Waals surface area contributed by atoms with Crippen LogP contribution >= 0.6 is 0 Å². The van der Waals surface area contributed by atoms with Crippen LogP contribution in [0.25, 0.3) is 0 Å². The summed E-state index contributed by atoms with van der Waals surface area (Å²) in [5, 5.41) is 0. The Morgan fingerprint density at radius 1 is 0.943 bits per heavy atom. The smallest absolute Gasteiger partial charge is 0.397 e. The molecule has 4 atom stereocenters. The Balaban J connectivity index is 1.98. The van der Waals surface area contributed by atoms with Crippen LogP contribution in [0.4, 0.5) is 5.69 Å². The average Bonchev–Trinajstić information content (AvgIpc) is 3.23. The van der Waals surface area contributed by atoms with Gasteiger partial charge in [0.05, 0.1) is 31.7 Å². The van der Waals surface area contributed by atoms with Gasteiger partial charge in [0.15, 0.2) is 0 Å². The Bertz CT molecular complexity index is 1190. The van der Waals surface area contributed by atoms with Gasteiger partial charge in [-0.05, 0) is 31.0 Å². The van der Waals surface area contributed by atoms with E-state index in [9.17, 15) is 19.2 Å². The van der Waals surface area contributed by atoms with Gasteiger partial charge in [-0.25, -0.2) is 4.79 Å². The molecule has 2 aromatic rings. The third kappa shape index (κ3) is 4.03. The van der Waals surface area contributed by atoms with Crippen molar-refractivity contribution < 1.29 is 28.7 Å². The van der Waals surface area contributed by atoms with Crippen LogP contribution in [0.3, 0.4) is 0 Å². The van der Waals surface area contributed by atoms with Crippen molar-refractivity contribution >= 4 is 29.4 Å². The van der Waals surface area contributed by atoms with Gasteiger partial charge < -0.3 is 14.4 Å². The zero-order valence-corrected chi connectivity index (χ0v) is 19.5. The molecule has 2 aliphatic rings. The Morgan fingerprint density at radius 2 is 1.60 bits per heavy atom. The predicted molar refractivity (Wildman–Crippen MR) is 127 cm³/mol. The van der Waals surface area contributed by atoms with Crippen molar-refractivity contribution in [2.24, 2.45) is 5.92 Å². The van der Waals surface area contributed by atoms with Gasteiger partial charge in [0.1, 0.15) is 6.04 Å². The van der Waals surface area contributed by atoms with E-state index in [1.54, 1.807) is 62.4 Å². The molecule has 2 heterocycles. The first-order chi connectivity index (χ1) is 17.0. The van der Waals surface area contributed by atoms with Crippen molar-refractivity contribution in [1.82, 2.24) is 4.90 Å². The highest BCUT2D eigenvalue weighted by molar-refractivity contribution is 6.33. The Labute approximate surface area is 203 Å². The Morgan fingerprint density at radius 3 is 2.26 bits per heavy atom. The van der Waals surface area contributed by atoms with Crippen LogP contribution in [0, 0.1) is 18.3 Å². The van der Waals surface area contributed by atoms with Gasteiger partial charge >= 0.3 is 17.8 Å². The monoisotopic (exact) mass is 474 g/mol. The van der Waals surface area contributed by atoms with Gasteiger partial charge in [-0.1, -0.05) is 54.5 Å². The minimum atomic E-state index is -1.14. The number of hydrogen-bond acceptors (Lipinski definition) is 6. The number of nitrogens with zero attached hydrogens (tertiary/aromatic N) is 2. The molecule has 0 radical (unpaired) electrons. The van der Waals surface area contributed by atoms with Crippen molar-refractivity contribution in [3.05, 3.63) is 65.7 Å². The molecule has 0 spiro atoms. The van der Waals surface area contributed by atoms with Crippen LogP contribution < -0.4 is 4.90 Å². The summed E-state index contributed by atoms with van der Waals surface area (Å²) in [6, 6.07) is 13.9. The highest BCUT2D eigenvalue weighted by atomic mass is 16.5. The summed E-state index contributed by atoms with van der Waals surface area (Å²) >= 11 is 0. The van der Waals surface area contributed by atoms with E-state index in [-0.39, 0.29) is 19.8 Å². The van der Waals surface area contributed by atoms with Crippen molar-refractivity contribution in [2.75, 3.05) is 24.7 Å². The van der Waals surface area contributed by atoms with Crippen LogP contribution in [-0.2, 0) is 28.7 Å². The second-order valence-electron chi connectivity index (χ2n) is 8.22. The standard InChI is InChI=1S/C27H26N2O6/c1-4-16-28-19-15-11-10-14-18(19)20-21(26(32)34-5-2)22(17-12-8-7-9-13-17)29(23(20)24(28)30)25(31)27(33)35-6-3/h1,7-15,20-23H,5-6,16H2,2-3H3/t20-,21-,22-,23+/m1/s1. The van der Waals surface area contributed by atoms with Crippen molar-refractivity contribution in [2.45, 2.75) is 31.8 Å². The SMILES string of the molecule is C#CCN1C(=O)[C@@H]2[C@H](c3ccccc31)[C@@H](C(=O)OCC)[C@@H](c1ccccc1)N2C(=O)C(=O)OCC. The lowest BCUT2D eigenvalue weighted by atomic mass is 9.77. The van der Waals surface area contributed by atoms with Gasteiger partial charge in [-0.2, -0.15) is 0 Å². The number of para-hydroxylation sites is 1. The van der Waals surface area contributed by atoms with Gasteiger partial charge in [0, 0.05) is 11.6 Å². The summed E-state index contributed by atoms with van der Waals surface area (Å²) in [7, 11) is 0. The molecule has 35 heavy (non-hydrogen) atoms. The fraction of sp³-hybridized carbons (Fsp3) is 0.333. The van der Waals surface area contributed by atoms with Gasteiger partial charge in [0.25, 0.3) is 5.91 Å². The van der Waals surface area contributed by atoms with Gasteiger partial charge in [-0.3, -0.25) is 19.3 Å². The third-order valence-electron chi connectivity index (χ3n) is 6.41. The first-order valence-electron chi connectivity index (χ1n) is 11.5. The second-order valence-corrected chi connectivity index (χ2v) is 8.22. The summed E-state index contributed by atoms with van der Waals surface area (Å²) in [5.41, 5.74) is 1.86. The molecule has 2 aliphatic heterocycles. The van der Waals surface area contributed by atoms with E-state index in [0.29, 0.717) is 16.8 Å². The number of esters is 2. The minimum Gasteiger partial charge on any atom is -0.466 e. The van der Waals surface area contributed by atoms with Crippen LogP contribution in [0.15, 0.2) is 54.6 Å². The van der Waals surface area contributed by atoms with Gasteiger partial charge in [-0.15, -0.1) is 6.42 Å². The number of fused-ring (bicyclic) bond motifs is 3. The van der Waals surface area contributed by atoms with E-state index in [2.05, 4.69) is 5.92 Å². The maximum Gasteiger partial charge on any atom is 0.397 e. The molecular weight excluding hydrogens is 448 g/mol. The van der Waals surface area contributed by atoms with Crippen molar-refractivity contribution in [3.8, 4) is 12.3 Å². The van der Waals surface area contributed by atoms with Crippen LogP contribution in [0.2, 0.25) is 0 Å². The maximum atomic E-state index is 13.9. The molecule has 0 aromatic heterocycles. The fourth-order valence-electron chi connectivity index (χ4n) is 5.18. The zero-order chi connectivity index (χ0) is 25.1. The lowest BCUT2D eigenvalue weighted by Gasteiger charge is -2.38. The normalized spacial score (nSPS) is 22.6. The van der Waals surface area contributed by atoms with Gasteiger partial charge in [0.2, 0.25) is 0 Å². The van der Waals surface area contributed by atoms with Crippen molar-refractivity contribution in [1.29, 1.82) is 0 Å². The molecule has 0 unspecified atom stereocenters. The number of ether oxygens (including phenoxy) is 2. The number of terminal acetylenes is 1. The number of carbonyl (C=O) groups is 4. The molecule has 4 rings (SSSR count). The summed E-state index contributed by atoms with van der Waals surface area (Å²) in [6.45, 7) is 3.37. The first-order valence-corrected chi connectivity index (χ1v) is 11.5. The Kier molecular flexibility index (Phi) is 6.87. The van der Waals surface area contributed by atoms with E-state index >= 15 is 0 Å². The topological polar surface area (TPSA) is 93.2 Å². The highest BCUT2D eigenvalue weighted by Gasteiger charge is 2.62. The van der Waals surface area contributed by atoms with Crippen LogP contribution in [0.1, 0.15) is 36.9 Å². The summed E-state index contributed by atoms with van der Waals surface area (Å²) in [6.07, 6.45) is 5.56. The summed E-state index contributed by atoms with van der Waals surface area (Å²) in [4.78, 5) is 56.1. The number of rotatable bonds is 5. The number of likely N-dealkylation sites (tertiary alicyclic amines) is 1. The predicted octanol–water partition coefficient (Wildman–Crippen LogP) is 2.44. The lowest BCUT2D eigenvalue weighted by molar-refractivity contribution is -0.163. The molecular formula is C27H26N2O6. The summed E-state index contributed by atoms with van der Waals surface area (Å²) < 4.78 is 10.4. The van der Waals surface area contributed by atoms with Crippen LogP contribution in [0.5, 0.6) is 0 Å². The molecule has 1 fully saturated rings. The number of anilines is 1.